The van der Waals surface area contributed by atoms with Gasteiger partial charge in [0.15, 0.2) is 5.13 Å². The van der Waals surface area contributed by atoms with Crippen LogP contribution < -0.4 is 10.9 Å². The van der Waals surface area contributed by atoms with Crippen molar-refractivity contribution in [3.8, 4) is 11.1 Å². The van der Waals surface area contributed by atoms with Crippen LogP contribution in [0, 0.1) is 12.8 Å². The minimum atomic E-state index is -0.562. The highest BCUT2D eigenvalue weighted by atomic mass is 35.5. The molecule has 0 unspecified atom stereocenters. The highest BCUT2D eigenvalue weighted by molar-refractivity contribution is 7.13. The van der Waals surface area contributed by atoms with E-state index in [-0.39, 0.29) is 11.5 Å². The van der Waals surface area contributed by atoms with E-state index in [4.69, 9.17) is 11.6 Å². The minimum Gasteiger partial charge on any atom is -0.300 e. The number of aromatic nitrogens is 2. The van der Waals surface area contributed by atoms with Crippen LogP contribution in [-0.4, -0.2) is 15.5 Å². The van der Waals surface area contributed by atoms with Crippen LogP contribution in [0.25, 0.3) is 11.1 Å². The summed E-state index contributed by atoms with van der Waals surface area (Å²) in [6.07, 6.45) is 8.16. The maximum Gasteiger partial charge on any atom is 0.252 e. The molecule has 0 aliphatic heterocycles. The smallest absolute Gasteiger partial charge is 0.252 e. The van der Waals surface area contributed by atoms with Crippen LogP contribution in [0.2, 0.25) is 5.02 Å². The number of nitrogens with zero attached hydrogens (tertiary/aromatic N) is 2. The first-order chi connectivity index (χ1) is 15.0. The van der Waals surface area contributed by atoms with Gasteiger partial charge in [-0.1, -0.05) is 55.8 Å². The van der Waals surface area contributed by atoms with Crippen LogP contribution in [0.1, 0.15) is 50.3 Å². The number of benzene rings is 1. The third-order valence-electron chi connectivity index (χ3n) is 5.98. The Hall–Kier alpha value is -2.44. The molecule has 1 N–H and O–H groups in total. The fourth-order valence-electron chi connectivity index (χ4n) is 4.49. The quantitative estimate of drug-likeness (QED) is 0.489. The van der Waals surface area contributed by atoms with E-state index in [0.717, 1.165) is 29.7 Å². The number of anilines is 1. The summed E-state index contributed by atoms with van der Waals surface area (Å²) in [5.41, 5.74) is 2.27. The topological polar surface area (TPSA) is 64.0 Å². The van der Waals surface area contributed by atoms with Gasteiger partial charge in [-0.3, -0.25) is 9.59 Å². The third-order valence-corrected chi connectivity index (χ3v) is 6.90. The van der Waals surface area contributed by atoms with Gasteiger partial charge in [0.25, 0.3) is 5.56 Å². The molecule has 1 aliphatic rings. The molecule has 5 nitrogen and oxygen atoms in total. The van der Waals surface area contributed by atoms with Crippen LogP contribution in [0.4, 0.5) is 5.13 Å². The van der Waals surface area contributed by atoms with Gasteiger partial charge in [0.2, 0.25) is 5.91 Å². The lowest BCUT2D eigenvalue weighted by atomic mass is 9.84. The van der Waals surface area contributed by atoms with Crippen LogP contribution in [0.5, 0.6) is 0 Å². The molecule has 2 aromatic heterocycles. The zero-order chi connectivity index (χ0) is 21.8. The Morgan fingerprint density at radius 3 is 2.71 bits per heavy atom. The van der Waals surface area contributed by atoms with E-state index in [1.54, 1.807) is 16.8 Å². The molecule has 1 amide bonds. The van der Waals surface area contributed by atoms with Crippen molar-refractivity contribution < 1.29 is 4.79 Å². The largest absolute Gasteiger partial charge is 0.300 e. The van der Waals surface area contributed by atoms with Gasteiger partial charge in [0.05, 0.1) is 0 Å². The molecule has 1 fully saturated rings. The highest BCUT2D eigenvalue weighted by Gasteiger charge is 2.28. The Balaban J connectivity index is 1.69. The fourth-order valence-corrected chi connectivity index (χ4v) is 5.21. The summed E-state index contributed by atoms with van der Waals surface area (Å²) < 4.78 is 1.64. The molecular weight excluding hydrogens is 430 g/mol. The lowest BCUT2D eigenvalue weighted by molar-refractivity contribution is -0.120. The first kappa shape index (κ1) is 21.8. The average molecular weight is 456 g/mol. The number of hydrogen-bond acceptors (Lipinski definition) is 4. The number of aryl methyl sites for hydroxylation is 1. The molecule has 31 heavy (non-hydrogen) atoms. The van der Waals surface area contributed by atoms with Crippen molar-refractivity contribution in [2.45, 2.75) is 51.5 Å². The van der Waals surface area contributed by atoms with Crippen molar-refractivity contribution >= 4 is 34.0 Å². The van der Waals surface area contributed by atoms with Gasteiger partial charge in [0.1, 0.15) is 6.04 Å². The molecule has 0 saturated heterocycles. The lowest BCUT2D eigenvalue weighted by Gasteiger charge is -2.28. The maximum absolute atomic E-state index is 13.3. The molecule has 2 heterocycles. The van der Waals surface area contributed by atoms with Crippen molar-refractivity contribution in [2.75, 3.05) is 5.32 Å². The molecule has 1 saturated carbocycles. The van der Waals surface area contributed by atoms with Gasteiger partial charge < -0.3 is 9.88 Å². The van der Waals surface area contributed by atoms with E-state index in [1.807, 2.05) is 42.6 Å². The molecule has 4 rings (SSSR count). The first-order valence-corrected chi connectivity index (χ1v) is 12.0. The molecule has 1 aromatic carbocycles. The molecule has 3 aromatic rings. The Labute approximate surface area is 191 Å². The summed E-state index contributed by atoms with van der Waals surface area (Å²) in [5, 5.41) is 5.91. The number of carbonyl (C=O) groups is 1. The van der Waals surface area contributed by atoms with Crippen molar-refractivity contribution in [1.82, 2.24) is 9.55 Å². The van der Waals surface area contributed by atoms with E-state index in [9.17, 15) is 9.59 Å². The van der Waals surface area contributed by atoms with Crippen LogP contribution >= 0.6 is 22.9 Å². The molecule has 0 bridgehead atoms. The van der Waals surface area contributed by atoms with Crippen LogP contribution in [0.3, 0.4) is 0 Å². The van der Waals surface area contributed by atoms with Gasteiger partial charge in [-0.05, 0) is 48.6 Å². The molecule has 7 heteroatoms. The summed E-state index contributed by atoms with van der Waals surface area (Å²) in [4.78, 5) is 30.7. The SMILES string of the molecule is Cc1cc(-c2cccc(Cl)c2)cc(=O)n1[C@@H](CC1CCCCC1)C(=O)Nc1nccs1. The Morgan fingerprint density at radius 2 is 2.03 bits per heavy atom. The number of hydrogen-bond donors (Lipinski definition) is 1. The predicted octanol–water partition coefficient (Wildman–Crippen LogP) is 6.08. The highest BCUT2D eigenvalue weighted by Crippen LogP contribution is 2.32. The number of carbonyl (C=O) groups excluding carboxylic acids is 1. The zero-order valence-electron chi connectivity index (χ0n) is 17.5. The summed E-state index contributed by atoms with van der Waals surface area (Å²) >= 11 is 7.51. The Morgan fingerprint density at radius 1 is 1.23 bits per heavy atom. The Bertz CT molecular complexity index is 1100. The van der Waals surface area contributed by atoms with Crippen molar-refractivity contribution in [1.29, 1.82) is 0 Å². The molecule has 162 valence electrons. The summed E-state index contributed by atoms with van der Waals surface area (Å²) in [7, 11) is 0. The van der Waals surface area contributed by atoms with Gasteiger partial charge in [-0.15, -0.1) is 11.3 Å². The van der Waals surface area contributed by atoms with Gasteiger partial charge in [-0.2, -0.15) is 0 Å². The van der Waals surface area contributed by atoms with Gasteiger partial charge >= 0.3 is 0 Å². The second-order valence-corrected chi connectivity index (χ2v) is 9.52. The monoisotopic (exact) mass is 455 g/mol. The van der Waals surface area contributed by atoms with E-state index in [2.05, 4.69) is 10.3 Å². The maximum atomic E-state index is 13.3. The number of thiazole rings is 1. The van der Waals surface area contributed by atoms with E-state index in [0.29, 0.717) is 22.5 Å². The van der Waals surface area contributed by atoms with Gasteiger partial charge in [-0.25, -0.2) is 4.98 Å². The molecule has 0 spiro atoms. The summed E-state index contributed by atoms with van der Waals surface area (Å²) in [6.45, 7) is 1.89. The van der Waals surface area contributed by atoms with Crippen molar-refractivity contribution in [3.05, 3.63) is 69.0 Å². The van der Waals surface area contributed by atoms with Crippen LogP contribution in [0.15, 0.2) is 52.8 Å². The molecule has 0 radical (unpaired) electrons. The van der Waals surface area contributed by atoms with Crippen LogP contribution in [-0.2, 0) is 4.79 Å². The number of pyridine rings is 1. The number of amides is 1. The minimum absolute atomic E-state index is 0.176. The van der Waals surface area contributed by atoms with E-state index in [1.165, 1.54) is 30.6 Å². The molecule has 1 atom stereocenters. The van der Waals surface area contributed by atoms with Gasteiger partial charge in [0, 0.05) is 28.4 Å². The second-order valence-electron chi connectivity index (χ2n) is 8.19. The molecular formula is C24H26ClN3O2S. The normalized spacial score (nSPS) is 15.5. The van der Waals surface area contributed by atoms with E-state index < -0.39 is 6.04 Å². The summed E-state index contributed by atoms with van der Waals surface area (Å²) in [5.74, 6) is 0.265. The fraction of sp³-hybridized carbons (Fsp3) is 0.375. The lowest BCUT2D eigenvalue weighted by Crippen LogP contribution is -2.36. The zero-order valence-corrected chi connectivity index (χ0v) is 19.1. The third kappa shape index (κ3) is 5.25. The molecule has 1 aliphatic carbocycles. The average Bonchev–Trinajstić information content (AvgIpc) is 3.26. The summed E-state index contributed by atoms with van der Waals surface area (Å²) in [6, 6.07) is 10.4. The number of nitrogens with one attached hydrogen (secondary N) is 1. The second kappa shape index (κ2) is 9.79. The number of halogens is 1. The predicted molar refractivity (Wildman–Crippen MR) is 127 cm³/mol. The standard InChI is InChI=1S/C24H26ClN3O2S/c1-16-12-19(18-8-5-9-20(25)14-18)15-22(29)28(16)21(13-17-6-3-2-4-7-17)23(30)27-24-26-10-11-31-24/h5,8-12,14-15,17,21H,2-4,6-7,13H2,1H3,(H,26,27,30)/t21-/m0/s1. The number of rotatable bonds is 6. The van der Waals surface area contributed by atoms with Crippen molar-refractivity contribution in [3.63, 3.8) is 0 Å². The van der Waals surface area contributed by atoms with Crippen molar-refractivity contribution in [2.24, 2.45) is 5.92 Å². The first-order valence-electron chi connectivity index (χ1n) is 10.7. The Kier molecular flexibility index (Phi) is 6.88. The van der Waals surface area contributed by atoms with E-state index >= 15 is 0 Å².